The van der Waals surface area contributed by atoms with E-state index < -0.39 is 6.10 Å². The molecule has 5 heteroatoms. The SMILES string of the molecule is COc1cccc(C(O)CN2CCCN(CCO)CC2)c1. The summed E-state index contributed by atoms with van der Waals surface area (Å²) < 4.78 is 5.20. The molecule has 1 unspecified atom stereocenters. The van der Waals surface area contributed by atoms with Crippen molar-refractivity contribution in [1.29, 1.82) is 0 Å². The highest BCUT2D eigenvalue weighted by molar-refractivity contribution is 5.29. The van der Waals surface area contributed by atoms with Gasteiger partial charge in [-0.3, -0.25) is 9.80 Å². The van der Waals surface area contributed by atoms with Crippen LogP contribution in [-0.2, 0) is 0 Å². The van der Waals surface area contributed by atoms with Gasteiger partial charge in [0.15, 0.2) is 0 Å². The summed E-state index contributed by atoms with van der Waals surface area (Å²) >= 11 is 0. The average molecular weight is 294 g/mol. The van der Waals surface area contributed by atoms with E-state index in [2.05, 4.69) is 9.80 Å². The van der Waals surface area contributed by atoms with Crippen molar-refractivity contribution in [2.75, 3.05) is 53.0 Å². The first-order chi connectivity index (χ1) is 10.2. The zero-order valence-corrected chi connectivity index (χ0v) is 12.7. The molecule has 2 N–H and O–H groups in total. The monoisotopic (exact) mass is 294 g/mol. The zero-order valence-electron chi connectivity index (χ0n) is 12.7. The van der Waals surface area contributed by atoms with Crippen LogP contribution in [0, 0.1) is 0 Å². The summed E-state index contributed by atoms with van der Waals surface area (Å²) in [4.78, 5) is 4.57. The first-order valence-corrected chi connectivity index (χ1v) is 7.60. The van der Waals surface area contributed by atoms with Crippen LogP contribution in [0.2, 0.25) is 0 Å². The molecule has 5 nitrogen and oxygen atoms in total. The highest BCUT2D eigenvalue weighted by atomic mass is 16.5. The largest absolute Gasteiger partial charge is 0.497 e. The summed E-state index contributed by atoms with van der Waals surface area (Å²) in [6.07, 6.45) is 0.578. The van der Waals surface area contributed by atoms with E-state index in [1.165, 1.54) is 0 Å². The van der Waals surface area contributed by atoms with Gasteiger partial charge >= 0.3 is 0 Å². The van der Waals surface area contributed by atoms with E-state index in [4.69, 9.17) is 9.84 Å². The molecule has 0 aromatic heterocycles. The van der Waals surface area contributed by atoms with Crippen molar-refractivity contribution in [2.45, 2.75) is 12.5 Å². The lowest BCUT2D eigenvalue weighted by molar-refractivity contribution is 0.113. The van der Waals surface area contributed by atoms with E-state index >= 15 is 0 Å². The van der Waals surface area contributed by atoms with Crippen molar-refractivity contribution >= 4 is 0 Å². The molecule has 1 heterocycles. The van der Waals surface area contributed by atoms with Gasteiger partial charge in [0.2, 0.25) is 0 Å². The number of nitrogens with zero attached hydrogens (tertiary/aromatic N) is 2. The Balaban J connectivity index is 1.88. The molecule has 118 valence electrons. The van der Waals surface area contributed by atoms with Crippen LogP contribution < -0.4 is 4.74 Å². The second-order valence-corrected chi connectivity index (χ2v) is 5.51. The van der Waals surface area contributed by atoms with Crippen molar-refractivity contribution in [3.63, 3.8) is 0 Å². The van der Waals surface area contributed by atoms with Gasteiger partial charge in [-0.15, -0.1) is 0 Å². The van der Waals surface area contributed by atoms with E-state index in [1.807, 2.05) is 24.3 Å². The van der Waals surface area contributed by atoms with Gasteiger partial charge in [-0.05, 0) is 37.2 Å². The van der Waals surface area contributed by atoms with E-state index in [-0.39, 0.29) is 6.61 Å². The standard InChI is InChI=1S/C16H26N2O3/c1-21-15-5-2-4-14(12-15)16(20)13-18-7-3-6-17(8-9-18)10-11-19/h2,4-5,12,16,19-20H,3,6-11,13H2,1H3. The minimum Gasteiger partial charge on any atom is -0.497 e. The third-order valence-corrected chi connectivity index (χ3v) is 4.01. The maximum Gasteiger partial charge on any atom is 0.119 e. The predicted molar refractivity (Wildman–Crippen MR) is 82.5 cm³/mol. The fourth-order valence-corrected chi connectivity index (χ4v) is 2.77. The molecular weight excluding hydrogens is 268 g/mol. The first-order valence-electron chi connectivity index (χ1n) is 7.60. The number of rotatable bonds is 6. The minimum atomic E-state index is -0.496. The summed E-state index contributed by atoms with van der Waals surface area (Å²) in [5, 5.41) is 19.4. The lowest BCUT2D eigenvalue weighted by Crippen LogP contribution is -2.34. The highest BCUT2D eigenvalue weighted by Gasteiger charge is 2.18. The van der Waals surface area contributed by atoms with Gasteiger partial charge in [-0.25, -0.2) is 0 Å². The topological polar surface area (TPSA) is 56.2 Å². The summed E-state index contributed by atoms with van der Waals surface area (Å²) in [7, 11) is 1.63. The molecule has 0 aliphatic carbocycles. The third-order valence-electron chi connectivity index (χ3n) is 4.01. The molecule has 1 aromatic rings. The Hall–Kier alpha value is -1.14. The van der Waals surface area contributed by atoms with Crippen LogP contribution in [0.1, 0.15) is 18.1 Å². The van der Waals surface area contributed by atoms with E-state index in [0.717, 1.165) is 50.5 Å². The first kappa shape index (κ1) is 16.2. The Bertz CT molecular complexity index is 428. The molecule has 1 aromatic carbocycles. The van der Waals surface area contributed by atoms with Crippen LogP contribution in [0.5, 0.6) is 5.75 Å². The molecular formula is C16H26N2O3. The fourth-order valence-electron chi connectivity index (χ4n) is 2.77. The second-order valence-electron chi connectivity index (χ2n) is 5.51. The molecule has 0 bridgehead atoms. The quantitative estimate of drug-likeness (QED) is 0.810. The van der Waals surface area contributed by atoms with Gasteiger partial charge in [-0.1, -0.05) is 12.1 Å². The Morgan fingerprint density at radius 3 is 2.71 bits per heavy atom. The lowest BCUT2D eigenvalue weighted by atomic mass is 10.1. The predicted octanol–water partition coefficient (Wildman–Crippen LogP) is 0.729. The zero-order chi connectivity index (χ0) is 15.1. The van der Waals surface area contributed by atoms with Crippen LogP contribution in [0.25, 0.3) is 0 Å². The highest BCUT2D eigenvalue weighted by Crippen LogP contribution is 2.20. The van der Waals surface area contributed by atoms with Crippen molar-refractivity contribution < 1.29 is 14.9 Å². The number of aliphatic hydroxyl groups is 2. The summed E-state index contributed by atoms with van der Waals surface area (Å²) in [5.41, 5.74) is 0.894. The number of hydrogen-bond acceptors (Lipinski definition) is 5. The van der Waals surface area contributed by atoms with Crippen molar-refractivity contribution in [3.8, 4) is 5.75 Å². The summed E-state index contributed by atoms with van der Waals surface area (Å²) in [6, 6.07) is 7.61. The van der Waals surface area contributed by atoms with E-state index in [9.17, 15) is 5.11 Å². The Kier molecular flexibility index (Phi) is 6.45. The van der Waals surface area contributed by atoms with Crippen LogP contribution in [0.3, 0.4) is 0 Å². The summed E-state index contributed by atoms with van der Waals surface area (Å²) in [6.45, 7) is 5.49. The smallest absolute Gasteiger partial charge is 0.119 e. The molecule has 0 saturated carbocycles. The molecule has 0 radical (unpaired) electrons. The maximum absolute atomic E-state index is 10.4. The Morgan fingerprint density at radius 1 is 1.19 bits per heavy atom. The van der Waals surface area contributed by atoms with Gasteiger partial charge in [-0.2, -0.15) is 0 Å². The molecule has 2 rings (SSSR count). The van der Waals surface area contributed by atoms with Crippen molar-refractivity contribution in [3.05, 3.63) is 29.8 Å². The number of β-amino-alcohol motifs (C(OH)–C–C–N with tert-alkyl or cyclic N) is 2. The molecule has 0 amide bonds. The molecule has 1 aliphatic rings. The lowest BCUT2D eigenvalue weighted by Gasteiger charge is -2.24. The van der Waals surface area contributed by atoms with Crippen molar-refractivity contribution in [2.24, 2.45) is 0 Å². The number of ether oxygens (including phenoxy) is 1. The summed E-state index contributed by atoms with van der Waals surface area (Å²) in [5.74, 6) is 0.775. The van der Waals surface area contributed by atoms with E-state index in [0.29, 0.717) is 6.54 Å². The maximum atomic E-state index is 10.4. The molecule has 1 aliphatic heterocycles. The van der Waals surface area contributed by atoms with Crippen LogP contribution >= 0.6 is 0 Å². The number of hydrogen-bond donors (Lipinski definition) is 2. The van der Waals surface area contributed by atoms with Crippen LogP contribution in [-0.4, -0.2) is 73.0 Å². The molecule has 21 heavy (non-hydrogen) atoms. The number of benzene rings is 1. The van der Waals surface area contributed by atoms with Gasteiger partial charge in [0.1, 0.15) is 5.75 Å². The van der Waals surface area contributed by atoms with E-state index in [1.54, 1.807) is 7.11 Å². The molecule has 1 atom stereocenters. The van der Waals surface area contributed by atoms with Gasteiger partial charge in [0.25, 0.3) is 0 Å². The van der Waals surface area contributed by atoms with Crippen LogP contribution in [0.15, 0.2) is 24.3 Å². The third kappa shape index (κ3) is 4.97. The Morgan fingerprint density at radius 2 is 1.95 bits per heavy atom. The Labute approximate surface area is 126 Å². The van der Waals surface area contributed by atoms with Gasteiger partial charge in [0, 0.05) is 26.2 Å². The molecule has 1 saturated heterocycles. The molecule has 1 fully saturated rings. The van der Waals surface area contributed by atoms with Gasteiger partial charge in [0.05, 0.1) is 19.8 Å². The van der Waals surface area contributed by atoms with Crippen molar-refractivity contribution in [1.82, 2.24) is 9.80 Å². The average Bonchev–Trinajstić information content (AvgIpc) is 2.73. The molecule has 0 spiro atoms. The number of methoxy groups -OCH3 is 1. The fraction of sp³-hybridized carbons (Fsp3) is 0.625. The van der Waals surface area contributed by atoms with Crippen LogP contribution in [0.4, 0.5) is 0 Å². The second kappa shape index (κ2) is 8.34. The minimum absolute atomic E-state index is 0.215. The number of aliphatic hydroxyl groups excluding tert-OH is 2. The van der Waals surface area contributed by atoms with Gasteiger partial charge < -0.3 is 14.9 Å². The normalized spacial score (nSPS) is 19.2.